The van der Waals surface area contributed by atoms with E-state index in [1.165, 1.54) is 23.5 Å². The molecule has 3 heterocycles. The average Bonchev–Trinajstić information content (AvgIpc) is 3.35. The van der Waals surface area contributed by atoms with Gasteiger partial charge >= 0.3 is 6.18 Å². The molecule has 1 saturated heterocycles. The zero-order chi connectivity index (χ0) is 20.6. The average molecular weight is 417 g/mol. The van der Waals surface area contributed by atoms with E-state index in [1.54, 1.807) is 19.3 Å². The zero-order valence-corrected chi connectivity index (χ0v) is 16.4. The molecule has 150 valence electrons. The van der Waals surface area contributed by atoms with Crippen molar-refractivity contribution in [2.75, 3.05) is 6.54 Å². The smallest absolute Gasteiger partial charge is 0.331 e. The number of nitrogens with zero attached hydrogens (tertiary/aromatic N) is 3. The molecule has 1 unspecified atom stereocenters. The van der Waals surface area contributed by atoms with Crippen LogP contribution in [0.3, 0.4) is 0 Å². The molecule has 1 fully saturated rings. The number of carbonyl (C=O) groups is 1. The van der Waals surface area contributed by atoms with Crippen LogP contribution in [0, 0.1) is 6.92 Å². The molecule has 0 bridgehead atoms. The minimum absolute atomic E-state index is 0.00141. The van der Waals surface area contributed by atoms with E-state index < -0.39 is 11.7 Å². The Labute approximate surface area is 170 Å². The Kier molecular flexibility index (Phi) is 5.12. The van der Waals surface area contributed by atoms with Gasteiger partial charge in [-0.25, -0.2) is 4.98 Å². The summed E-state index contributed by atoms with van der Waals surface area (Å²) in [6, 6.07) is 8.70. The number of alkyl halides is 3. The summed E-state index contributed by atoms with van der Waals surface area (Å²) in [7, 11) is 0. The first-order valence-corrected chi connectivity index (χ1v) is 10.0. The van der Waals surface area contributed by atoms with Crippen molar-refractivity contribution >= 4 is 17.2 Å². The number of pyridine rings is 1. The molecule has 1 aliphatic rings. The lowest BCUT2D eigenvalue weighted by molar-refractivity contribution is -0.137. The van der Waals surface area contributed by atoms with Crippen molar-refractivity contribution < 1.29 is 18.0 Å². The second kappa shape index (κ2) is 7.59. The minimum Gasteiger partial charge on any atom is -0.331 e. The van der Waals surface area contributed by atoms with Crippen molar-refractivity contribution in [1.29, 1.82) is 0 Å². The van der Waals surface area contributed by atoms with Crippen LogP contribution in [0.15, 0.2) is 48.8 Å². The van der Waals surface area contributed by atoms with Gasteiger partial charge in [-0.15, -0.1) is 11.3 Å². The molecule has 0 aliphatic carbocycles. The van der Waals surface area contributed by atoms with Crippen LogP contribution in [-0.2, 0) is 6.18 Å². The molecule has 29 heavy (non-hydrogen) atoms. The first kappa shape index (κ1) is 19.6. The highest BCUT2D eigenvalue weighted by Crippen LogP contribution is 2.37. The van der Waals surface area contributed by atoms with E-state index in [-0.39, 0.29) is 11.9 Å². The monoisotopic (exact) mass is 417 g/mol. The van der Waals surface area contributed by atoms with Crippen molar-refractivity contribution in [3.63, 3.8) is 0 Å². The van der Waals surface area contributed by atoms with Gasteiger partial charge in [0.05, 0.1) is 17.3 Å². The predicted octanol–water partition coefficient (Wildman–Crippen LogP) is 5.51. The first-order valence-electron chi connectivity index (χ1n) is 9.20. The van der Waals surface area contributed by atoms with E-state index in [4.69, 9.17) is 0 Å². The molecule has 3 aromatic rings. The summed E-state index contributed by atoms with van der Waals surface area (Å²) < 4.78 is 38.3. The van der Waals surface area contributed by atoms with Crippen molar-refractivity contribution in [2.24, 2.45) is 0 Å². The number of halogens is 3. The molecular formula is C21H18F3N3OS. The number of hydrogen-bond donors (Lipinski definition) is 0. The third-order valence-corrected chi connectivity index (χ3v) is 6.25. The molecule has 8 heteroatoms. The highest BCUT2D eigenvalue weighted by molar-refractivity contribution is 7.17. The lowest BCUT2D eigenvalue weighted by Gasteiger charge is -2.24. The largest absolute Gasteiger partial charge is 0.416 e. The summed E-state index contributed by atoms with van der Waals surface area (Å²) >= 11 is 1.22. The number of likely N-dealkylation sites (tertiary alicyclic amines) is 1. The van der Waals surface area contributed by atoms with Gasteiger partial charge in [0.15, 0.2) is 0 Å². The van der Waals surface area contributed by atoms with Crippen molar-refractivity contribution in [1.82, 2.24) is 14.9 Å². The van der Waals surface area contributed by atoms with Gasteiger partial charge in [0.1, 0.15) is 9.88 Å². The maximum atomic E-state index is 13.2. The molecule has 2 aromatic heterocycles. The number of aryl methyl sites for hydroxylation is 1. The maximum absolute atomic E-state index is 13.2. The van der Waals surface area contributed by atoms with Crippen LogP contribution in [-0.4, -0.2) is 27.3 Å². The van der Waals surface area contributed by atoms with Gasteiger partial charge in [-0.3, -0.25) is 9.78 Å². The lowest BCUT2D eigenvalue weighted by atomic mass is 10.1. The molecule has 0 radical (unpaired) electrons. The van der Waals surface area contributed by atoms with Gasteiger partial charge in [0.2, 0.25) is 0 Å². The second-order valence-corrected chi connectivity index (χ2v) is 7.94. The van der Waals surface area contributed by atoms with Gasteiger partial charge in [0.25, 0.3) is 5.91 Å². The molecule has 0 spiro atoms. The molecule has 4 nitrogen and oxygen atoms in total. The number of aromatic nitrogens is 2. The summed E-state index contributed by atoms with van der Waals surface area (Å²) in [6.45, 7) is 2.42. The predicted molar refractivity (Wildman–Crippen MR) is 105 cm³/mol. The van der Waals surface area contributed by atoms with Crippen molar-refractivity contribution in [3.8, 4) is 10.6 Å². The molecule has 1 aliphatic heterocycles. The number of thiazole rings is 1. The SMILES string of the molecule is Cc1nc(-c2ccc(C(F)(F)F)cc2)sc1C(=O)N1CCCC1c1ccncc1. The third-order valence-electron chi connectivity index (χ3n) is 5.05. The Balaban J connectivity index is 1.60. The summed E-state index contributed by atoms with van der Waals surface area (Å²) in [5.41, 5.74) is 1.51. The highest BCUT2D eigenvalue weighted by atomic mass is 32.1. The number of hydrogen-bond acceptors (Lipinski definition) is 4. The van der Waals surface area contributed by atoms with Crippen LogP contribution in [0.5, 0.6) is 0 Å². The van der Waals surface area contributed by atoms with Crippen LogP contribution in [0.2, 0.25) is 0 Å². The highest BCUT2D eigenvalue weighted by Gasteiger charge is 2.33. The van der Waals surface area contributed by atoms with E-state index in [1.807, 2.05) is 17.0 Å². The fourth-order valence-corrected chi connectivity index (χ4v) is 4.62. The molecule has 1 atom stereocenters. The molecule has 0 N–H and O–H groups in total. The summed E-state index contributed by atoms with van der Waals surface area (Å²) in [5, 5.41) is 0.541. The Morgan fingerprint density at radius 2 is 1.83 bits per heavy atom. The van der Waals surface area contributed by atoms with Crippen LogP contribution >= 0.6 is 11.3 Å². The van der Waals surface area contributed by atoms with E-state index in [0.717, 1.165) is 30.5 Å². The van der Waals surface area contributed by atoms with Gasteiger partial charge in [-0.1, -0.05) is 12.1 Å². The Morgan fingerprint density at radius 3 is 2.48 bits per heavy atom. The van der Waals surface area contributed by atoms with Crippen LogP contribution in [0.4, 0.5) is 13.2 Å². The van der Waals surface area contributed by atoms with Gasteiger partial charge in [0, 0.05) is 24.5 Å². The Morgan fingerprint density at radius 1 is 1.14 bits per heavy atom. The van der Waals surface area contributed by atoms with E-state index >= 15 is 0 Å². The molecular weight excluding hydrogens is 399 g/mol. The number of rotatable bonds is 3. The maximum Gasteiger partial charge on any atom is 0.416 e. The fourth-order valence-electron chi connectivity index (χ4n) is 3.59. The topological polar surface area (TPSA) is 46.1 Å². The number of amides is 1. The van der Waals surface area contributed by atoms with E-state index in [9.17, 15) is 18.0 Å². The zero-order valence-electron chi connectivity index (χ0n) is 15.6. The lowest BCUT2D eigenvalue weighted by Crippen LogP contribution is -2.30. The molecule has 1 amide bonds. The molecule has 1 aromatic carbocycles. The summed E-state index contributed by atoms with van der Waals surface area (Å²) in [6.07, 6.45) is 0.867. The van der Waals surface area contributed by atoms with Crippen LogP contribution < -0.4 is 0 Å². The van der Waals surface area contributed by atoms with Crippen molar-refractivity contribution in [2.45, 2.75) is 32.0 Å². The fraction of sp³-hybridized carbons (Fsp3) is 0.286. The summed E-state index contributed by atoms with van der Waals surface area (Å²) in [4.78, 5) is 24.1. The molecule has 0 saturated carbocycles. The van der Waals surface area contributed by atoms with Gasteiger partial charge in [-0.2, -0.15) is 13.2 Å². The van der Waals surface area contributed by atoms with Gasteiger partial charge in [-0.05, 0) is 49.6 Å². The quantitative estimate of drug-likeness (QED) is 0.565. The van der Waals surface area contributed by atoms with Gasteiger partial charge < -0.3 is 4.90 Å². The third kappa shape index (κ3) is 3.89. The second-order valence-electron chi connectivity index (χ2n) is 6.95. The summed E-state index contributed by atoms with van der Waals surface area (Å²) in [5.74, 6) is -0.0857. The van der Waals surface area contributed by atoms with E-state index in [0.29, 0.717) is 27.7 Å². The van der Waals surface area contributed by atoms with Crippen LogP contribution in [0.1, 0.15) is 45.4 Å². The standard InChI is InChI=1S/C21H18F3N3OS/c1-13-18(20(28)27-12-2-3-17(27)14-8-10-25-11-9-14)29-19(26-13)15-4-6-16(7-5-15)21(22,23)24/h4-11,17H,2-3,12H2,1H3. The Hall–Kier alpha value is -2.74. The van der Waals surface area contributed by atoms with Crippen molar-refractivity contribution in [3.05, 3.63) is 70.5 Å². The minimum atomic E-state index is -4.38. The van der Waals surface area contributed by atoms with E-state index in [2.05, 4.69) is 9.97 Å². The molecule has 4 rings (SSSR count). The number of carbonyl (C=O) groups excluding carboxylic acids is 1. The number of benzene rings is 1. The first-order chi connectivity index (χ1) is 13.8. The Bertz CT molecular complexity index is 1020. The normalized spacial score (nSPS) is 17.0. The van der Waals surface area contributed by atoms with Crippen LogP contribution in [0.25, 0.3) is 10.6 Å².